The lowest BCUT2D eigenvalue weighted by Gasteiger charge is -2.22. The number of aliphatic hydroxyl groups is 1. The summed E-state index contributed by atoms with van der Waals surface area (Å²) in [6.07, 6.45) is -4.29. The number of benzene rings is 1. The number of fused-ring (bicyclic) bond motifs is 1. The Morgan fingerprint density at radius 2 is 1.95 bits per heavy atom. The zero-order valence-corrected chi connectivity index (χ0v) is 10.1. The Labute approximate surface area is 108 Å². The van der Waals surface area contributed by atoms with Crippen LogP contribution >= 0.6 is 0 Å². The summed E-state index contributed by atoms with van der Waals surface area (Å²) < 4.78 is 47.4. The second-order valence-corrected chi connectivity index (χ2v) is 4.24. The minimum Gasteiger partial charge on any atom is -0.454 e. The molecule has 2 rings (SSSR count). The van der Waals surface area contributed by atoms with Gasteiger partial charge in [0.2, 0.25) is 6.79 Å². The number of ether oxygens (including phenoxy) is 2. The summed E-state index contributed by atoms with van der Waals surface area (Å²) >= 11 is 0. The molecule has 0 amide bonds. The highest BCUT2D eigenvalue weighted by atomic mass is 19.4. The Morgan fingerprint density at radius 3 is 2.63 bits per heavy atom. The van der Waals surface area contributed by atoms with Crippen molar-refractivity contribution in [1.29, 1.82) is 0 Å². The molecule has 1 aromatic carbocycles. The summed E-state index contributed by atoms with van der Waals surface area (Å²) in [5.74, 6) is 1.13. The first-order valence-electron chi connectivity index (χ1n) is 5.76. The largest absolute Gasteiger partial charge is 0.454 e. The molecule has 4 nitrogen and oxygen atoms in total. The molecule has 1 aromatic rings. The van der Waals surface area contributed by atoms with Crippen LogP contribution < -0.4 is 9.47 Å². The van der Waals surface area contributed by atoms with E-state index in [-0.39, 0.29) is 26.5 Å². The van der Waals surface area contributed by atoms with Crippen molar-refractivity contribution in [2.24, 2.45) is 0 Å². The van der Waals surface area contributed by atoms with Gasteiger partial charge in [0.25, 0.3) is 0 Å². The fourth-order valence-electron chi connectivity index (χ4n) is 1.91. The van der Waals surface area contributed by atoms with Gasteiger partial charge in [-0.3, -0.25) is 4.90 Å². The van der Waals surface area contributed by atoms with Crippen LogP contribution in [0.3, 0.4) is 0 Å². The fraction of sp³-hybridized carbons (Fsp3) is 0.500. The highest BCUT2D eigenvalue weighted by Gasteiger charge is 2.30. The maximum Gasteiger partial charge on any atom is 0.401 e. The Bertz CT molecular complexity index is 437. The molecule has 0 atom stereocenters. The molecule has 0 aromatic heterocycles. The summed E-state index contributed by atoms with van der Waals surface area (Å²) in [5.41, 5.74) is 0.682. The average molecular weight is 277 g/mol. The van der Waals surface area contributed by atoms with Gasteiger partial charge >= 0.3 is 6.18 Å². The zero-order valence-electron chi connectivity index (χ0n) is 10.1. The van der Waals surface area contributed by atoms with Crippen LogP contribution in [-0.4, -0.2) is 42.7 Å². The molecule has 0 aliphatic carbocycles. The van der Waals surface area contributed by atoms with Crippen LogP contribution in [0, 0.1) is 0 Å². The zero-order chi connectivity index (χ0) is 13.9. The molecule has 0 saturated carbocycles. The molecule has 0 spiro atoms. The lowest BCUT2D eigenvalue weighted by Crippen LogP contribution is -2.35. The first kappa shape index (κ1) is 14.0. The lowest BCUT2D eigenvalue weighted by molar-refractivity contribution is -0.147. The van der Waals surface area contributed by atoms with E-state index in [1.54, 1.807) is 18.2 Å². The highest BCUT2D eigenvalue weighted by Crippen LogP contribution is 2.33. The lowest BCUT2D eigenvalue weighted by atomic mass is 10.2. The third-order valence-electron chi connectivity index (χ3n) is 2.66. The molecule has 0 fully saturated rings. The van der Waals surface area contributed by atoms with E-state index in [4.69, 9.17) is 14.6 Å². The predicted octanol–water partition coefficient (Wildman–Crippen LogP) is 1.77. The van der Waals surface area contributed by atoms with Crippen molar-refractivity contribution in [1.82, 2.24) is 4.90 Å². The molecule has 1 aliphatic heterocycles. The van der Waals surface area contributed by atoms with Crippen molar-refractivity contribution in [2.45, 2.75) is 12.7 Å². The third-order valence-corrected chi connectivity index (χ3v) is 2.66. The van der Waals surface area contributed by atoms with E-state index in [9.17, 15) is 13.2 Å². The molecule has 106 valence electrons. The second kappa shape index (κ2) is 5.66. The molecule has 7 heteroatoms. The number of hydrogen-bond acceptors (Lipinski definition) is 4. The van der Waals surface area contributed by atoms with Gasteiger partial charge in [0, 0.05) is 13.1 Å². The average Bonchev–Trinajstić information content (AvgIpc) is 2.74. The number of halogens is 3. The quantitative estimate of drug-likeness (QED) is 0.890. The van der Waals surface area contributed by atoms with Crippen LogP contribution in [-0.2, 0) is 6.54 Å². The molecule has 19 heavy (non-hydrogen) atoms. The molecular formula is C12H14F3NO3. The molecule has 1 aliphatic rings. The van der Waals surface area contributed by atoms with Crippen molar-refractivity contribution in [3.05, 3.63) is 23.8 Å². The number of aliphatic hydroxyl groups excluding tert-OH is 1. The van der Waals surface area contributed by atoms with Gasteiger partial charge in [-0.1, -0.05) is 6.07 Å². The minimum absolute atomic E-state index is 0.0338. The van der Waals surface area contributed by atoms with E-state index in [1.165, 1.54) is 0 Å². The number of alkyl halides is 3. The van der Waals surface area contributed by atoms with Crippen molar-refractivity contribution >= 4 is 0 Å². The van der Waals surface area contributed by atoms with Gasteiger partial charge in [-0.2, -0.15) is 13.2 Å². The van der Waals surface area contributed by atoms with Gasteiger partial charge < -0.3 is 14.6 Å². The van der Waals surface area contributed by atoms with Crippen molar-refractivity contribution in [3.8, 4) is 11.5 Å². The first-order valence-corrected chi connectivity index (χ1v) is 5.76. The number of hydrogen-bond donors (Lipinski definition) is 1. The van der Waals surface area contributed by atoms with Crippen LogP contribution in [0.5, 0.6) is 11.5 Å². The third kappa shape index (κ3) is 4.00. The van der Waals surface area contributed by atoms with E-state index in [2.05, 4.69) is 0 Å². The Hall–Kier alpha value is -1.47. The van der Waals surface area contributed by atoms with Crippen molar-refractivity contribution < 1.29 is 27.8 Å². The summed E-state index contributed by atoms with van der Waals surface area (Å²) in [7, 11) is 0. The molecule has 0 radical (unpaired) electrons. The van der Waals surface area contributed by atoms with Gasteiger partial charge in [-0.05, 0) is 17.7 Å². The summed E-state index contributed by atoms with van der Waals surface area (Å²) in [6.45, 7) is -1.19. The topological polar surface area (TPSA) is 41.9 Å². The Balaban J connectivity index is 2.04. The molecule has 1 heterocycles. The summed E-state index contributed by atoms with van der Waals surface area (Å²) in [6, 6.07) is 5.01. The molecular weight excluding hydrogens is 263 g/mol. The highest BCUT2D eigenvalue weighted by molar-refractivity contribution is 5.44. The molecule has 0 saturated heterocycles. The molecule has 0 bridgehead atoms. The van der Waals surface area contributed by atoms with Gasteiger partial charge in [0.05, 0.1) is 13.2 Å². The molecule has 1 N–H and O–H groups in total. The Morgan fingerprint density at radius 1 is 1.21 bits per heavy atom. The summed E-state index contributed by atoms with van der Waals surface area (Å²) in [4.78, 5) is 1.14. The van der Waals surface area contributed by atoms with Crippen LogP contribution in [0.4, 0.5) is 13.2 Å². The van der Waals surface area contributed by atoms with E-state index >= 15 is 0 Å². The van der Waals surface area contributed by atoms with Crippen LogP contribution in [0.15, 0.2) is 18.2 Å². The predicted molar refractivity (Wildman–Crippen MR) is 61.0 cm³/mol. The summed E-state index contributed by atoms with van der Waals surface area (Å²) in [5, 5.41) is 8.81. The van der Waals surface area contributed by atoms with Crippen molar-refractivity contribution in [2.75, 3.05) is 26.5 Å². The standard InChI is InChI=1S/C12H14F3NO3/c13-12(14,15)7-16(3-4-17)6-9-1-2-10-11(5-9)19-8-18-10/h1-2,5,17H,3-4,6-8H2. The number of rotatable bonds is 5. The number of nitrogens with zero attached hydrogens (tertiary/aromatic N) is 1. The van der Waals surface area contributed by atoms with E-state index in [0.29, 0.717) is 17.1 Å². The van der Waals surface area contributed by atoms with Gasteiger partial charge in [-0.15, -0.1) is 0 Å². The van der Waals surface area contributed by atoms with Crippen LogP contribution in [0.25, 0.3) is 0 Å². The van der Waals surface area contributed by atoms with Gasteiger partial charge in [0.15, 0.2) is 11.5 Å². The van der Waals surface area contributed by atoms with E-state index in [0.717, 1.165) is 4.90 Å². The van der Waals surface area contributed by atoms with Crippen molar-refractivity contribution in [3.63, 3.8) is 0 Å². The van der Waals surface area contributed by atoms with Gasteiger partial charge in [-0.25, -0.2) is 0 Å². The smallest absolute Gasteiger partial charge is 0.401 e. The monoisotopic (exact) mass is 277 g/mol. The van der Waals surface area contributed by atoms with Gasteiger partial charge in [0.1, 0.15) is 0 Å². The van der Waals surface area contributed by atoms with E-state index < -0.39 is 12.7 Å². The van der Waals surface area contributed by atoms with Crippen LogP contribution in [0.1, 0.15) is 5.56 Å². The normalized spacial score (nSPS) is 14.2. The maximum atomic E-state index is 12.4. The molecule has 0 unspecified atom stereocenters. The Kier molecular flexibility index (Phi) is 4.16. The maximum absolute atomic E-state index is 12.4. The fourth-order valence-corrected chi connectivity index (χ4v) is 1.91. The SMILES string of the molecule is OCCN(Cc1ccc2c(c1)OCO2)CC(F)(F)F. The van der Waals surface area contributed by atoms with E-state index in [1.807, 2.05) is 0 Å². The second-order valence-electron chi connectivity index (χ2n) is 4.24. The van der Waals surface area contributed by atoms with Crippen LogP contribution in [0.2, 0.25) is 0 Å². The first-order chi connectivity index (χ1) is 8.98. The minimum atomic E-state index is -4.29.